The Morgan fingerprint density at radius 3 is 2.67 bits per heavy atom. The van der Waals surface area contributed by atoms with Gasteiger partial charge in [0.15, 0.2) is 0 Å². The third-order valence-corrected chi connectivity index (χ3v) is 1.07. The maximum atomic E-state index is 8.71. The second-order valence-corrected chi connectivity index (χ2v) is 2.13. The Balaban J connectivity index is 2.75. The SMILES string of the molecule is CB(O)NCCCCN. The van der Waals surface area contributed by atoms with E-state index in [2.05, 4.69) is 5.23 Å². The molecule has 0 spiro atoms. The molecule has 0 aromatic carbocycles. The quantitative estimate of drug-likeness (QED) is 0.345. The molecule has 0 aromatic rings. The molecule has 0 saturated carbocycles. The van der Waals surface area contributed by atoms with Gasteiger partial charge in [0.1, 0.15) is 0 Å². The summed E-state index contributed by atoms with van der Waals surface area (Å²) in [5.41, 5.74) is 5.26. The first-order chi connectivity index (χ1) is 4.27. The van der Waals surface area contributed by atoms with Gasteiger partial charge in [-0.05, 0) is 32.8 Å². The smallest absolute Gasteiger partial charge is 0.373 e. The maximum Gasteiger partial charge on any atom is 0.373 e. The molecule has 0 aliphatic heterocycles. The van der Waals surface area contributed by atoms with Crippen LogP contribution in [0.2, 0.25) is 6.82 Å². The van der Waals surface area contributed by atoms with E-state index in [0.29, 0.717) is 0 Å². The van der Waals surface area contributed by atoms with Crippen LogP contribution < -0.4 is 11.0 Å². The van der Waals surface area contributed by atoms with Crippen molar-refractivity contribution in [1.29, 1.82) is 0 Å². The predicted octanol–water partition coefficient (Wildman–Crippen LogP) is -0.575. The van der Waals surface area contributed by atoms with Crippen LogP contribution in [-0.4, -0.2) is 25.2 Å². The van der Waals surface area contributed by atoms with Crippen LogP contribution in [0.5, 0.6) is 0 Å². The molecule has 9 heavy (non-hydrogen) atoms. The molecule has 0 unspecified atom stereocenters. The van der Waals surface area contributed by atoms with E-state index in [-0.39, 0.29) is 7.05 Å². The van der Waals surface area contributed by atoms with E-state index < -0.39 is 0 Å². The largest absolute Gasteiger partial charge is 0.437 e. The highest BCUT2D eigenvalue weighted by atomic mass is 16.2. The lowest BCUT2D eigenvalue weighted by molar-refractivity contribution is 0.549. The van der Waals surface area contributed by atoms with E-state index >= 15 is 0 Å². The van der Waals surface area contributed by atoms with Crippen molar-refractivity contribution in [2.24, 2.45) is 5.73 Å². The molecule has 0 amide bonds. The van der Waals surface area contributed by atoms with E-state index in [4.69, 9.17) is 10.8 Å². The van der Waals surface area contributed by atoms with Gasteiger partial charge in [-0.15, -0.1) is 0 Å². The topological polar surface area (TPSA) is 58.3 Å². The molecule has 0 heterocycles. The highest BCUT2D eigenvalue weighted by Gasteiger charge is 1.97. The molecule has 0 radical (unpaired) electrons. The van der Waals surface area contributed by atoms with Gasteiger partial charge in [0, 0.05) is 0 Å². The van der Waals surface area contributed by atoms with Crippen LogP contribution in [0, 0.1) is 0 Å². The first kappa shape index (κ1) is 8.94. The molecule has 0 aromatic heterocycles. The first-order valence-electron chi connectivity index (χ1n) is 3.39. The average molecular weight is 130 g/mol. The second kappa shape index (κ2) is 6.07. The Bertz CT molecular complexity index is 60.9. The molecule has 4 N–H and O–H groups in total. The molecule has 0 saturated heterocycles. The molecule has 54 valence electrons. The highest BCUT2D eigenvalue weighted by Crippen LogP contribution is 1.81. The van der Waals surface area contributed by atoms with Gasteiger partial charge in [-0.1, -0.05) is 0 Å². The van der Waals surface area contributed by atoms with E-state index in [9.17, 15) is 0 Å². The fourth-order valence-electron chi connectivity index (χ4n) is 0.580. The monoisotopic (exact) mass is 130 g/mol. The normalized spacial score (nSPS) is 9.67. The summed E-state index contributed by atoms with van der Waals surface area (Å²) in [7, 11) is -0.386. The Kier molecular flexibility index (Phi) is 6.03. The van der Waals surface area contributed by atoms with E-state index in [1.807, 2.05) is 0 Å². The summed E-state index contributed by atoms with van der Waals surface area (Å²) in [4.78, 5) is 0. The zero-order chi connectivity index (χ0) is 7.11. The Morgan fingerprint density at radius 1 is 1.56 bits per heavy atom. The van der Waals surface area contributed by atoms with Crippen LogP contribution in [0.1, 0.15) is 12.8 Å². The molecular formula is C5H15BN2O. The lowest BCUT2D eigenvalue weighted by atomic mass is 9.89. The van der Waals surface area contributed by atoms with Crippen molar-refractivity contribution in [2.45, 2.75) is 19.7 Å². The van der Waals surface area contributed by atoms with Crippen molar-refractivity contribution < 1.29 is 5.02 Å². The van der Waals surface area contributed by atoms with E-state index in [1.54, 1.807) is 6.82 Å². The standard InChI is InChI=1S/C5H15BN2O/c1-6(9)8-5-3-2-4-7/h8-9H,2-5,7H2,1H3. The van der Waals surface area contributed by atoms with Crippen LogP contribution in [0.3, 0.4) is 0 Å². The lowest BCUT2D eigenvalue weighted by Gasteiger charge is -2.01. The molecular weight excluding hydrogens is 115 g/mol. The lowest BCUT2D eigenvalue weighted by Crippen LogP contribution is -2.31. The number of rotatable bonds is 5. The number of nitrogens with two attached hydrogens (primary N) is 1. The van der Waals surface area contributed by atoms with Crippen molar-refractivity contribution >= 4 is 7.05 Å². The van der Waals surface area contributed by atoms with Crippen LogP contribution in [0.25, 0.3) is 0 Å². The van der Waals surface area contributed by atoms with Crippen molar-refractivity contribution in [1.82, 2.24) is 5.23 Å². The second-order valence-electron chi connectivity index (χ2n) is 2.13. The van der Waals surface area contributed by atoms with Gasteiger partial charge in [0.2, 0.25) is 0 Å². The molecule has 0 rings (SSSR count). The highest BCUT2D eigenvalue weighted by molar-refractivity contribution is 6.45. The summed E-state index contributed by atoms with van der Waals surface area (Å²) in [5.74, 6) is 0. The van der Waals surface area contributed by atoms with Gasteiger partial charge in [0.05, 0.1) is 0 Å². The predicted molar refractivity (Wildman–Crippen MR) is 40.1 cm³/mol. The van der Waals surface area contributed by atoms with Gasteiger partial charge >= 0.3 is 7.05 Å². The molecule has 0 aliphatic rings. The zero-order valence-electron chi connectivity index (χ0n) is 5.93. The minimum absolute atomic E-state index is 0.386. The van der Waals surface area contributed by atoms with Gasteiger partial charge in [-0.2, -0.15) is 0 Å². The number of hydrogen-bond donors (Lipinski definition) is 3. The van der Waals surface area contributed by atoms with Crippen LogP contribution >= 0.6 is 0 Å². The first-order valence-corrected chi connectivity index (χ1v) is 3.39. The summed E-state index contributed by atoms with van der Waals surface area (Å²) in [6.45, 7) is 3.30. The van der Waals surface area contributed by atoms with Crippen molar-refractivity contribution in [3.63, 3.8) is 0 Å². The van der Waals surface area contributed by atoms with E-state index in [1.165, 1.54) is 0 Å². The number of nitrogens with one attached hydrogen (secondary N) is 1. The third kappa shape index (κ3) is 7.94. The minimum Gasteiger partial charge on any atom is -0.437 e. The van der Waals surface area contributed by atoms with Crippen molar-refractivity contribution in [3.8, 4) is 0 Å². The zero-order valence-corrected chi connectivity index (χ0v) is 5.93. The van der Waals surface area contributed by atoms with Crippen molar-refractivity contribution in [2.75, 3.05) is 13.1 Å². The molecule has 3 nitrogen and oxygen atoms in total. The van der Waals surface area contributed by atoms with Gasteiger partial charge < -0.3 is 16.0 Å². The minimum atomic E-state index is -0.386. The maximum absolute atomic E-state index is 8.71. The summed E-state index contributed by atoms with van der Waals surface area (Å²) >= 11 is 0. The summed E-state index contributed by atoms with van der Waals surface area (Å²) < 4.78 is 0. The number of unbranched alkanes of at least 4 members (excludes halogenated alkanes) is 1. The summed E-state index contributed by atoms with van der Waals surface area (Å²) in [5, 5.41) is 11.6. The van der Waals surface area contributed by atoms with Gasteiger partial charge in [0.25, 0.3) is 0 Å². The summed E-state index contributed by atoms with van der Waals surface area (Å²) in [6, 6.07) is 0. The fourth-order valence-corrected chi connectivity index (χ4v) is 0.580. The molecule has 0 aliphatic carbocycles. The number of hydrogen-bond acceptors (Lipinski definition) is 3. The Labute approximate surface area is 56.8 Å². The molecule has 4 heteroatoms. The van der Waals surface area contributed by atoms with Crippen LogP contribution in [0.4, 0.5) is 0 Å². The third-order valence-electron chi connectivity index (χ3n) is 1.07. The average Bonchev–Trinajstić information content (AvgIpc) is 1.80. The Hall–Kier alpha value is -0.0551. The Morgan fingerprint density at radius 2 is 2.22 bits per heavy atom. The summed E-state index contributed by atoms with van der Waals surface area (Å²) in [6.07, 6.45) is 2.07. The van der Waals surface area contributed by atoms with Crippen molar-refractivity contribution in [3.05, 3.63) is 0 Å². The van der Waals surface area contributed by atoms with Gasteiger partial charge in [-0.3, -0.25) is 0 Å². The molecule has 0 fully saturated rings. The molecule has 0 bridgehead atoms. The molecule has 0 atom stereocenters. The fraction of sp³-hybridized carbons (Fsp3) is 1.00. The van der Waals surface area contributed by atoms with Gasteiger partial charge in [-0.25, -0.2) is 0 Å². The van der Waals surface area contributed by atoms with Crippen LogP contribution in [-0.2, 0) is 0 Å². The van der Waals surface area contributed by atoms with Crippen LogP contribution in [0.15, 0.2) is 0 Å². The van der Waals surface area contributed by atoms with E-state index in [0.717, 1.165) is 25.9 Å².